The van der Waals surface area contributed by atoms with Crippen molar-refractivity contribution >= 4 is 5.97 Å². The van der Waals surface area contributed by atoms with Gasteiger partial charge in [0.05, 0.1) is 5.41 Å². The molecular weight excluding hydrogens is 204 g/mol. The predicted octanol–water partition coefficient (Wildman–Crippen LogP) is 1.17. The summed E-state index contributed by atoms with van der Waals surface area (Å²) in [6.45, 7) is 9.27. The summed E-state index contributed by atoms with van der Waals surface area (Å²) in [5.41, 5.74) is -0.658. The van der Waals surface area contributed by atoms with Crippen molar-refractivity contribution in [1.29, 1.82) is 0 Å². The lowest BCUT2D eigenvalue weighted by molar-refractivity contribution is -0.148. The van der Waals surface area contributed by atoms with E-state index >= 15 is 0 Å². The van der Waals surface area contributed by atoms with Gasteiger partial charge in [0, 0.05) is 19.1 Å². The summed E-state index contributed by atoms with van der Waals surface area (Å²) in [4.78, 5) is 13.3. The number of rotatable bonds is 6. The summed E-state index contributed by atoms with van der Waals surface area (Å²) in [5.74, 6) is -0.717. The molecule has 0 aromatic heterocycles. The normalized spacial score (nSPS) is 21.6. The van der Waals surface area contributed by atoms with Gasteiger partial charge in [-0.25, -0.2) is 0 Å². The van der Waals surface area contributed by atoms with Crippen molar-refractivity contribution in [3.63, 3.8) is 0 Å². The van der Waals surface area contributed by atoms with E-state index in [2.05, 4.69) is 17.1 Å². The van der Waals surface area contributed by atoms with E-state index in [4.69, 9.17) is 5.11 Å². The Bertz CT molecular complexity index is 235. The Balaban J connectivity index is 2.44. The van der Waals surface area contributed by atoms with Crippen molar-refractivity contribution in [3.8, 4) is 0 Å². The average Bonchev–Trinajstić information content (AvgIpc) is 2.68. The first-order valence-corrected chi connectivity index (χ1v) is 6.15. The first-order valence-electron chi connectivity index (χ1n) is 6.15. The van der Waals surface area contributed by atoms with Gasteiger partial charge >= 0.3 is 5.97 Å². The number of hydrogen-bond donors (Lipinski definition) is 2. The quantitative estimate of drug-likeness (QED) is 0.716. The number of likely N-dealkylation sites (N-methyl/N-ethyl adjacent to an activating group) is 1. The van der Waals surface area contributed by atoms with Crippen molar-refractivity contribution in [2.75, 3.05) is 26.2 Å². The predicted molar refractivity (Wildman–Crippen MR) is 64.6 cm³/mol. The van der Waals surface area contributed by atoms with Crippen LogP contribution >= 0.6 is 0 Å². The second-order valence-electron chi connectivity index (χ2n) is 5.31. The second-order valence-corrected chi connectivity index (χ2v) is 5.31. The zero-order valence-corrected chi connectivity index (χ0v) is 10.6. The van der Waals surface area contributed by atoms with E-state index in [0.717, 1.165) is 19.6 Å². The Morgan fingerprint density at radius 1 is 1.56 bits per heavy atom. The van der Waals surface area contributed by atoms with Gasteiger partial charge in [-0.15, -0.1) is 0 Å². The van der Waals surface area contributed by atoms with Gasteiger partial charge in [0.15, 0.2) is 0 Å². The molecule has 2 N–H and O–H groups in total. The highest BCUT2D eigenvalue weighted by Gasteiger charge is 2.30. The van der Waals surface area contributed by atoms with Crippen molar-refractivity contribution in [2.45, 2.75) is 39.7 Å². The number of carboxylic acid groups (broad SMARTS) is 1. The van der Waals surface area contributed by atoms with E-state index < -0.39 is 11.4 Å². The van der Waals surface area contributed by atoms with Crippen LogP contribution < -0.4 is 5.32 Å². The van der Waals surface area contributed by atoms with Gasteiger partial charge in [0.25, 0.3) is 0 Å². The van der Waals surface area contributed by atoms with Crippen LogP contribution in [-0.4, -0.2) is 48.2 Å². The minimum Gasteiger partial charge on any atom is -0.481 e. The Labute approximate surface area is 98.0 Å². The first-order chi connectivity index (χ1) is 7.45. The maximum Gasteiger partial charge on any atom is 0.310 e. The van der Waals surface area contributed by atoms with Gasteiger partial charge in [-0.3, -0.25) is 4.79 Å². The number of aliphatic carboxylic acids is 1. The molecule has 0 spiro atoms. The minimum atomic E-state index is -0.717. The molecule has 1 heterocycles. The maximum atomic E-state index is 11.1. The lowest BCUT2D eigenvalue weighted by atomic mass is 9.93. The molecule has 16 heavy (non-hydrogen) atoms. The van der Waals surface area contributed by atoms with Gasteiger partial charge < -0.3 is 15.3 Å². The van der Waals surface area contributed by atoms with Crippen LogP contribution in [0.2, 0.25) is 0 Å². The Morgan fingerprint density at radius 2 is 2.25 bits per heavy atom. The van der Waals surface area contributed by atoms with E-state index in [1.54, 1.807) is 13.8 Å². The van der Waals surface area contributed by atoms with Crippen LogP contribution in [-0.2, 0) is 4.79 Å². The molecular formula is C12H24N2O2. The van der Waals surface area contributed by atoms with Gasteiger partial charge in [0.1, 0.15) is 0 Å². The first kappa shape index (κ1) is 13.5. The summed E-state index contributed by atoms with van der Waals surface area (Å²) < 4.78 is 0. The smallest absolute Gasteiger partial charge is 0.310 e. The maximum absolute atomic E-state index is 11.1. The van der Waals surface area contributed by atoms with Crippen LogP contribution in [0.4, 0.5) is 0 Å². The molecule has 0 radical (unpaired) electrons. The number of hydrogen-bond acceptors (Lipinski definition) is 3. The topological polar surface area (TPSA) is 52.6 Å². The van der Waals surface area contributed by atoms with Gasteiger partial charge in [0.2, 0.25) is 0 Å². The molecule has 1 aliphatic heterocycles. The Hall–Kier alpha value is -0.610. The van der Waals surface area contributed by atoms with Crippen LogP contribution in [0.25, 0.3) is 0 Å². The van der Waals surface area contributed by atoms with E-state index in [0.29, 0.717) is 12.6 Å². The third kappa shape index (κ3) is 3.76. The fourth-order valence-electron chi connectivity index (χ4n) is 2.16. The lowest BCUT2D eigenvalue weighted by Crippen LogP contribution is -2.44. The molecule has 0 aromatic carbocycles. The highest BCUT2D eigenvalue weighted by Crippen LogP contribution is 2.18. The monoisotopic (exact) mass is 228 g/mol. The van der Waals surface area contributed by atoms with Crippen molar-refractivity contribution < 1.29 is 9.90 Å². The summed E-state index contributed by atoms with van der Waals surface area (Å²) in [5, 5.41) is 12.6. The van der Waals surface area contributed by atoms with E-state index in [-0.39, 0.29) is 0 Å². The summed E-state index contributed by atoms with van der Waals surface area (Å²) in [6, 6.07) is 0.546. The second kappa shape index (κ2) is 5.64. The van der Waals surface area contributed by atoms with Crippen molar-refractivity contribution in [3.05, 3.63) is 0 Å². The van der Waals surface area contributed by atoms with E-state index in [1.165, 1.54) is 12.8 Å². The van der Waals surface area contributed by atoms with E-state index in [9.17, 15) is 4.79 Å². The SMILES string of the molecule is CCN(CC1CCCN1)CC(C)(C)C(=O)O. The zero-order valence-electron chi connectivity index (χ0n) is 10.6. The van der Waals surface area contributed by atoms with Crippen LogP contribution in [0, 0.1) is 5.41 Å². The molecule has 0 aliphatic carbocycles. The van der Waals surface area contributed by atoms with Crippen LogP contribution in [0.5, 0.6) is 0 Å². The standard InChI is InChI=1S/C12H24N2O2/c1-4-14(8-10-6-5-7-13-10)9-12(2,3)11(15)16/h10,13H,4-9H2,1-3H3,(H,15,16). The summed E-state index contributed by atoms with van der Waals surface area (Å²) in [7, 11) is 0. The molecule has 0 bridgehead atoms. The zero-order chi connectivity index (χ0) is 12.2. The lowest BCUT2D eigenvalue weighted by Gasteiger charge is -2.30. The third-order valence-corrected chi connectivity index (χ3v) is 3.29. The third-order valence-electron chi connectivity index (χ3n) is 3.29. The average molecular weight is 228 g/mol. The van der Waals surface area contributed by atoms with Crippen molar-refractivity contribution in [1.82, 2.24) is 10.2 Å². The van der Waals surface area contributed by atoms with Crippen LogP contribution in [0.3, 0.4) is 0 Å². The molecule has 1 rings (SSSR count). The Kier molecular flexibility index (Phi) is 4.74. The minimum absolute atomic E-state index is 0.546. The van der Waals surface area contributed by atoms with Crippen molar-refractivity contribution in [2.24, 2.45) is 5.41 Å². The highest BCUT2D eigenvalue weighted by atomic mass is 16.4. The molecule has 1 fully saturated rings. The number of carbonyl (C=O) groups is 1. The molecule has 0 aromatic rings. The number of nitrogens with zero attached hydrogens (tertiary/aromatic N) is 1. The van der Waals surface area contributed by atoms with Gasteiger partial charge in [-0.2, -0.15) is 0 Å². The van der Waals surface area contributed by atoms with Gasteiger partial charge in [-0.1, -0.05) is 6.92 Å². The summed E-state index contributed by atoms with van der Waals surface area (Å²) in [6.07, 6.45) is 2.45. The molecule has 0 amide bonds. The molecule has 94 valence electrons. The molecule has 1 saturated heterocycles. The number of nitrogens with one attached hydrogen (secondary N) is 1. The van der Waals surface area contributed by atoms with Crippen LogP contribution in [0.15, 0.2) is 0 Å². The van der Waals surface area contributed by atoms with Gasteiger partial charge in [-0.05, 0) is 39.8 Å². The summed E-state index contributed by atoms with van der Waals surface area (Å²) >= 11 is 0. The fourth-order valence-corrected chi connectivity index (χ4v) is 2.16. The fraction of sp³-hybridized carbons (Fsp3) is 0.917. The molecule has 4 heteroatoms. The molecule has 4 nitrogen and oxygen atoms in total. The van der Waals surface area contributed by atoms with E-state index in [1.807, 2.05) is 0 Å². The molecule has 1 atom stereocenters. The highest BCUT2D eigenvalue weighted by molar-refractivity contribution is 5.73. The van der Waals surface area contributed by atoms with Crippen LogP contribution in [0.1, 0.15) is 33.6 Å². The molecule has 1 unspecified atom stereocenters. The molecule has 0 saturated carbocycles. The molecule has 1 aliphatic rings. The Morgan fingerprint density at radius 3 is 2.69 bits per heavy atom. The number of carboxylic acids is 1. The largest absolute Gasteiger partial charge is 0.481 e.